The van der Waals surface area contributed by atoms with Crippen molar-refractivity contribution in [3.05, 3.63) is 0 Å². The Labute approximate surface area is 128 Å². The van der Waals surface area contributed by atoms with Crippen LogP contribution < -0.4 is 0 Å². The van der Waals surface area contributed by atoms with Crippen molar-refractivity contribution < 1.29 is 14.5 Å². The first-order chi connectivity index (χ1) is 10.1. The summed E-state index contributed by atoms with van der Waals surface area (Å²) < 4.78 is 14.0. The standard InChI is InChI=1S/C17H27O3P/c1-2-9-16(17(18)19)21(20,14-10-5-3-6-11-14)15-12-7-4-8-13-15/h14-16H,3-8,10-13H2,1H3,(H,18,19). The topological polar surface area (TPSA) is 54.4 Å². The van der Waals surface area contributed by atoms with Gasteiger partial charge in [-0.1, -0.05) is 44.4 Å². The second-order valence-corrected chi connectivity index (χ2v) is 9.99. The smallest absolute Gasteiger partial charge is 0.326 e. The Balaban J connectivity index is 2.37. The van der Waals surface area contributed by atoms with Crippen LogP contribution in [0.2, 0.25) is 0 Å². The largest absolute Gasteiger partial charge is 0.480 e. The summed E-state index contributed by atoms with van der Waals surface area (Å²) in [5.41, 5.74) is -0.749. The molecule has 0 aromatic rings. The van der Waals surface area contributed by atoms with Crippen LogP contribution in [0, 0.1) is 11.8 Å². The second-order valence-electron chi connectivity index (χ2n) is 6.48. The van der Waals surface area contributed by atoms with Crippen molar-refractivity contribution in [2.24, 2.45) is 0 Å². The van der Waals surface area contributed by atoms with Crippen LogP contribution in [-0.4, -0.2) is 28.1 Å². The maximum absolute atomic E-state index is 14.0. The Morgan fingerprint density at radius 1 is 1.00 bits per heavy atom. The number of carboxylic acid groups (broad SMARTS) is 1. The summed E-state index contributed by atoms with van der Waals surface area (Å²) in [7, 11) is -2.83. The predicted molar refractivity (Wildman–Crippen MR) is 86.2 cm³/mol. The molecule has 0 heterocycles. The maximum atomic E-state index is 14.0. The van der Waals surface area contributed by atoms with Gasteiger partial charge in [0.05, 0.1) is 0 Å². The molecule has 0 aliphatic heterocycles. The van der Waals surface area contributed by atoms with Gasteiger partial charge in [-0.15, -0.1) is 5.92 Å². The lowest BCUT2D eigenvalue weighted by Crippen LogP contribution is -2.33. The van der Waals surface area contributed by atoms with Crippen LogP contribution in [0.3, 0.4) is 0 Å². The number of hydrogen-bond donors (Lipinski definition) is 1. The minimum absolute atomic E-state index is 0.0938. The van der Waals surface area contributed by atoms with E-state index in [-0.39, 0.29) is 11.3 Å². The van der Waals surface area contributed by atoms with E-state index in [4.69, 9.17) is 0 Å². The van der Waals surface area contributed by atoms with Crippen molar-refractivity contribution in [1.29, 1.82) is 0 Å². The van der Waals surface area contributed by atoms with E-state index in [9.17, 15) is 14.5 Å². The zero-order chi connectivity index (χ0) is 15.3. The van der Waals surface area contributed by atoms with Gasteiger partial charge in [0.25, 0.3) is 0 Å². The van der Waals surface area contributed by atoms with Crippen LogP contribution in [0.25, 0.3) is 0 Å². The maximum Gasteiger partial charge on any atom is 0.326 e. The quantitative estimate of drug-likeness (QED) is 0.615. The molecule has 2 fully saturated rings. The Hall–Kier alpha value is -0.740. The van der Waals surface area contributed by atoms with Gasteiger partial charge in [-0.05, 0) is 32.6 Å². The summed E-state index contributed by atoms with van der Waals surface area (Å²) in [6, 6.07) is 0. The first-order valence-corrected chi connectivity index (χ1v) is 10.3. The van der Waals surface area contributed by atoms with E-state index in [1.165, 1.54) is 12.8 Å². The number of carbonyl (C=O) groups is 1. The fourth-order valence-corrected chi connectivity index (χ4v) is 8.62. The molecular formula is C17H27O3P. The van der Waals surface area contributed by atoms with Gasteiger partial charge >= 0.3 is 5.97 Å². The minimum atomic E-state index is -2.83. The Morgan fingerprint density at radius 2 is 1.43 bits per heavy atom. The molecule has 0 spiro atoms. The fourth-order valence-electron chi connectivity index (χ4n) is 4.16. The predicted octanol–water partition coefficient (Wildman–Crippen LogP) is 4.49. The van der Waals surface area contributed by atoms with Crippen LogP contribution >= 0.6 is 7.14 Å². The van der Waals surface area contributed by atoms with Gasteiger partial charge in [0.15, 0.2) is 5.66 Å². The summed E-state index contributed by atoms with van der Waals surface area (Å²) in [4.78, 5) is 11.7. The van der Waals surface area contributed by atoms with Crippen molar-refractivity contribution in [2.45, 2.75) is 88.1 Å². The van der Waals surface area contributed by atoms with Crippen molar-refractivity contribution in [3.63, 3.8) is 0 Å². The van der Waals surface area contributed by atoms with Crippen molar-refractivity contribution in [1.82, 2.24) is 0 Å². The highest BCUT2D eigenvalue weighted by atomic mass is 31.2. The summed E-state index contributed by atoms with van der Waals surface area (Å²) in [5.74, 6) is 4.57. The van der Waals surface area contributed by atoms with Gasteiger partial charge in [-0.2, -0.15) is 0 Å². The van der Waals surface area contributed by atoms with Crippen molar-refractivity contribution in [2.75, 3.05) is 0 Å². The number of carboxylic acids is 1. The zero-order valence-electron chi connectivity index (χ0n) is 13.0. The molecule has 2 rings (SSSR count). The third-order valence-electron chi connectivity index (χ3n) is 5.21. The Kier molecular flexibility index (Phi) is 5.94. The van der Waals surface area contributed by atoms with E-state index in [0.717, 1.165) is 51.4 Å². The lowest BCUT2D eigenvalue weighted by Gasteiger charge is -2.39. The highest BCUT2D eigenvalue weighted by molar-refractivity contribution is 7.67. The van der Waals surface area contributed by atoms with Crippen LogP contribution in [-0.2, 0) is 9.36 Å². The fraction of sp³-hybridized carbons (Fsp3) is 0.824. The molecule has 0 radical (unpaired) electrons. The average Bonchev–Trinajstić information content (AvgIpc) is 2.53. The zero-order valence-corrected chi connectivity index (χ0v) is 13.9. The molecule has 3 nitrogen and oxygen atoms in total. The van der Waals surface area contributed by atoms with Gasteiger partial charge in [0.1, 0.15) is 7.14 Å². The van der Waals surface area contributed by atoms with E-state index in [0.29, 0.717) is 0 Å². The molecule has 0 amide bonds. The first kappa shape index (κ1) is 16.6. The second kappa shape index (κ2) is 7.50. The Morgan fingerprint density at radius 3 is 1.76 bits per heavy atom. The molecule has 2 saturated carbocycles. The van der Waals surface area contributed by atoms with E-state index in [2.05, 4.69) is 11.8 Å². The van der Waals surface area contributed by atoms with Gasteiger partial charge < -0.3 is 9.67 Å². The number of aliphatic carboxylic acids is 1. The molecule has 118 valence electrons. The molecule has 1 N–H and O–H groups in total. The van der Waals surface area contributed by atoms with Gasteiger partial charge in [-0.3, -0.25) is 4.79 Å². The lowest BCUT2D eigenvalue weighted by atomic mass is 9.99. The van der Waals surface area contributed by atoms with E-state index in [1.54, 1.807) is 6.92 Å². The highest BCUT2D eigenvalue weighted by Crippen LogP contribution is 2.65. The number of hydrogen-bond acceptors (Lipinski definition) is 2. The van der Waals surface area contributed by atoms with Crippen LogP contribution in [0.15, 0.2) is 0 Å². The molecule has 0 aromatic heterocycles. The monoisotopic (exact) mass is 310 g/mol. The summed E-state index contributed by atoms with van der Waals surface area (Å²) >= 11 is 0. The van der Waals surface area contributed by atoms with Crippen molar-refractivity contribution >= 4 is 13.1 Å². The molecule has 0 aromatic carbocycles. The van der Waals surface area contributed by atoms with Crippen LogP contribution in [0.1, 0.15) is 71.1 Å². The Bertz CT molecular complexity index is 440. The SMILES string of the molecule is CC#CC(C(=O)O)P(=O)(C1CCCCC1)C1CCCCC1. The van der Waals surface area contributed by atoms with Crippen molar-refractivity contribution in [3.8, 4) is 11.8 Å². The molecule has 2 aliphatic carbocycles. The van der Waals surface area contributed by atoms with E-state index in [1.807, 2.05) is 0 Å². The average molecular weight is 310 g/mol. The molecule has 2 aliphatic rings. The molecular weight excluding hydrogens is 283 g/mol. The first-order valence-electron chi connectivity index (χ1n) is 8.35. The third-order valence-corrected chi connectivity index (χ3v) is 9.68. The molecule has 0 bridgehead atoms. The lowest BCUT2D eigenvalue weighted by molar-refractivity contribution is -0.135. The van der Waals surface area contributed by atoms with Gasteiger partial charge in [0, 0.05) is 11.3 Å². The molecule has 21 heavy (non-hydrogen) atoms. The number of rotatable bonds is 4. The molecule has 4 heteroatoms. The third kappa shape index (κ3) is 3.54. The van der Waals surface area contributed by atoms with Gasteiger partial charge in [-0.25, -0.2) is 0 Å². The summed E-state index contributed by atoms with van der Waals surface area (Å²) in [6.07, 6.45) is 10.5. The van der Waals surface area contributed by atoms with Crippen LogP contribution in [0.5, 0.6) is 0 Å². The van der Waals surface area contributed by atoms with E-state index < -0.39 is 18.8 Å². The molecule has 1 unspecified atom stereocenters. The summed E-state index contributed by atoms with van der Waals surface area (Å²) in [6.45, 7) is 1.65. The molecule has 1 atom stereocenters. The molecule has 0 saturated heterocycles. The normalized spacial score (nSPS) is 23.1. The van der Waals surface area contributed by atoms with Gasteiger partial charge in [0.2, 0.25) is 0 Å². The van der Waals surface area contributed by atoms with E-state index >= 15 is 0 Å². The highest BCUT2D eigenvalue weighted by Gasteiger charge is 2.49. The van der Waals surface area contributed by atoms with Crippen LogP contribution in [0.4, 0.5) is 0 Å². The minimum Gasteiger partial charge on any atom is -0.480 e. The summed E-state index contributed by atoms with van der Waals surface area (Å²) in [5, 5.41) is 9.63.